The van der Waals surface area contributed by atoms with Crippen molar-refractivity contribution in [2.24, 2.45) is 0 Å². The summed E-state index contributed by atoms with van der Waals surface area (Å²) in [5.74, 6) is 0.654. The molecule has 2 fully saturated rings. The van der Waals surface area contributed by atoms with Crippen molar-refractivity contribution >= 4 is 28.9 Å². The molecule has 1 aliphatic heterocycles. The first kappa shape index (κ1) is 15.5. The highest BCUT2D eigenvalue weighted by Crippen LogP contribution is 2.46. The summed E-state index contributed by atoms with van der Waals surface area (Å²) in [5, 5.41) is 12.2. The summed E-state index contributed by atoms with van der Waals surface area (Å²) in [6, 6.07) is 4.00. The number of hydrogen-bond donors (Lipinski definition) is 2. The summed E-state index contributed by atoms with van der Waals surface area (Å²) in [6.45, 7) is 4.09. The van der Waals surface area contributed by atoms with Gasteiger partial charge in [0.25, 0.3) is 0 Å². The largest absolute Gasteiger partial charge is 0.368 e. The second kappa shape index (κ2) is 6.53. The Labute approximate surface area is 152 Å². The molecule has 3 aromatic rings. The second-order valence-corrected chi connectivity index (χ2v) is 7.03. The minimum Gasteiger partial charge on any atom is -0.368 e. The number of nitrogens with one attached hydrogen (secondary N) is 2. The van der Waals surface area contributed by atoms with Crippen LogP contribution in [0.15, 0.2) is 30.7 Å². The van der Waals surface area contributed by atoms with E-state index in [2.05, 4.69) is 42.5 Å². The third-order valence-corrected chi connectivity index (χ3v) is 5.19. The first-order chi connectivity index (χ1) is 12.9. The van der Waals surface area contributed by atoms with E-state index in [4.69, 9.17) is 0 Å². The Balaban J connectivity index is 1.63. The van der Waals surface area contributed by atoms with Gasteiger partial charge in [0.1, 0.15) is 0 Å². The third kappa shape index (κ3) is 2.86. The van der Waals surface area contributed by atoms with Crippen LogP contribution in [0.25, 0.3) is 23.2 Å². The Bertz CT molecular complexity index is 936. The van der Waals surface area contributed by atoms with E-state index >= 15 is 0 Å². The number of nitrogens with zero attached hydrogens (tertiary/aromatic N) is 4. The lowest BCUT2D eigenvalue weighted by molar-refractivity contribution is 0.589. The number of anilines is 1. The van der Waals surface area contributed by atoms with Crippen LogP contribution in [0.4, 0.5) is 5.69 Å². The molecular weight excluding hydrogens is 324 g/mol. The summed E-state index contributed by atoms with van der Waals surface area (Å²) in [7, 11) is 0. The molecule has 2 N–H and O–H groups in total. The van der Waals surface area contributed by atoms with Crippen molar-refractivity contribution in [3.05, 3.63) is 47.5 Å². The molecule has 0 atom stereocenters. The third-order valence-electron chi connectivity index (χ3n) is 5.19. The minimum absolute atomic E-state index is 0.654. The topological polar surface area (TPSA) is 69.7 Å². The molecule has 0 spiro atoms. The fraction of sp³-hybridized carbons (Fsp3) is 0.350. The molecule has 2 aliphatic rings. The summed E-state index contributed by atoms with van der Waals surface area (Å²) in [5.41, 5.74) is 5.61. The van der Waals surface area contributed by atoms with Gasteiger partial charge in [-0.25, -0.2) is 4.98 Å². The molecule has 4 heterocycles. The monoisotopic (exact) mass is 346 g/mol. The molecule has 0 unspecified atom stereocenters. The maximum absolute atomic E-state index is 4.64. The molecule has 6 heteroatoms. The van der Waals surface area contributed by atoms with Crippen LogP contribution < -0.4 is 10.2 Å². The predicted molar refractivity (Wildman–Crippen MR) is 104 cm³/mol. The quantitative estimate of drug-likeness (QED) is 0.760. The highest BCUT2D eigenvalue weighted by atomic mass is 15.2. The molecule has 26 heavy (non-hydrogen) atoms. The van der Waals surface area contributed by atoms with Crippen LogP contribution >= 0.6 is 0 Å². The lowest BCUT2D eigenvalue weighted by Gasteiger charge is -2.31. The summed E-state index contributed by atoms with van der Waals surface area (Å²) in [4.78, 5) is 11.3. The van der Waals surface area contributed by atoms with Crippen LogP contribution in [0.1, 0.15) is 35.6 Å². The van der Waals surface area contributed by atoms with Crippen molar-refractivity contribution in [1.29, 1.82) is 0 Å². The number of fused-ring (bicyclic) bond motifs is 1. The van der Waals surface area contributed by atoms with Crippen LogP contribution in [0.3, 0.4) is 0 Å². The average Bonchev–Trinajstić information content (AvgIpc) is 3.47. The van der Waals surface area contributed by atoms with Crippen molar-refractivity contribution in [3.8, 4) is 0 Å². The zero-order valence-electron chi connectivity index (χ0n) is 14.7. The summed E-state index contributed by atoms with van der Waals surface area (Å²) >= 11 is 0. The Hall–Kier alpha value is -2.73. The Morgan fingerprint density at radius 2 is 2.00 bits per heavy atom. The Morgan fingerprint density at radius 1 is 1.12 bits per heavy atom. The van der Waals surface area contributed by atoms with Crippen LogP contribution in [-0.2, 0) is 0 Å². The lowest BCUT2D eigenvalue weighted by atomic mass is 10.0. The van der Waals surface area contributed by atoms with E-state index in [-0.39, 0.29) is 0 Å². The smallest absolute Gasteiger partial charge is 0.183 e. The van der Waals surface area contributed by atoms with Crippen LogP contribution in [0.2, 0.25) is 0 Å². The molecule has 5 rings (SSSR count). The van der Waals surface area contributed by atoms with Gasteiger partial charge in [-0.2, -0.15) is 5.10 Å². The van der Waals surface area contributed by atoms with Gasteiger partial charge >= 0.3 is 0 Å². The number of pyridine rings is 2. The standard InChI is InChI=1S/C20H22N6/c1-2-14(12-22-7-1)3-6-17-18-19(26-10-8-21-9-11-26)16(15-4-5-15)13-23-20(18)25-24-17/h1-3,6-7,12-13,15,21H,4-5,8-11H2,(H,23,24,25)/b6-3+. The molecule has 1 aliphatic carbocycles. The minimum atomic E-state index is 0.654. The summed E-state index contributed by atoms with van der Waals surface area (Å²) < 4.78 is 0. The SMILES string of the molecule is C(=C\c1[nH]nc2ncc(C3CC3)c(N3CCNCC3)c12)/c1cccnc1. The van der Waals surface area contributed by atoms with Gasteiger partial charge in [0.15, 0.2) is 5.65 Å². The van der Waals surface area contributed by atoms with E-state index in [0.717, 1.165) is 48.5 Å². The number of aromatic nitrogens is 4. The fourth-order valence-corrected chi connectivity index (χ4v) is 3.71. The number of rotatable bonds is 4. The molecule has 0 aromatic carbocycles. The van der Waals surface area contributed by atoms with Crippen molar-refractivity contribution < 1.29 is 0 Å². The first-order valence-electron chi connectivity index (χ1n) is 9.31. The maximum atomic E-state index is 4.64. The molecule has 0 bridgehead atoms. The number of hydrogen-bond acceptors (Lipinski definition) is 5. The summed E-state index contributed by atoms with van der Waals surface area (Å²) in [6.07, 6.45) is 12.4. The highest BCUT2D eigenvalue weighted by molar-refractivity contribution is 5.98. The Kier molecular flexibility index (Phi) is 3.90. The van der Waals surface area contributed by atoms with E-state index < -0.39 is 0 Å². The average molecular weight is 346 g/mol. The van der Waals surface area contributed by atoms with Crippen LogP contribution in [-0.4, -0.2) is 46.3 Å². The van der Waals surface area contributed by atoms with E-state index in [0.29, 0.717) is 5.92 Å². The van der Waals surface area contributed by atoms with Gasteiger partial charge in [-0.1, -0.05) is 12.1 Å². The van der Waals surface area contributed by atoms with E-state index in [1.54, 1.807) is 6.20 Å². The highest BCUT2D eigenvalue weighted by Gasteiger charge is 2.31. The van der Waals surface area contributed by atoms with Gasteiger partial charge in [-0.15, -0.1) is 0 Å². The van der Waals surface area contributed by atoms with E-state index in [9.17, 15) is 0 Å². The predicted octanol–water partition coefficient (Wildman–Crippen LogP) is 2.81. The van der Waals surface area contributed by atoms with E-state index in [1.165, 1.54) is 24.1 Å². The van der Waals surface area contributed by atoms with Crippen molar-refractivity contribution in [2.45, 2.75) is 18.8 Å². The van der Waals surface area contributed by atoms with Gasteiger partial charge in [-0.05, 0) is 42.0 Å². The molecular formula is C20H22N6. The van der Waals surface area contributed by atoms with Crippen molar-refractivity contribution in [1.82, 2.24) is 25.5 Å². The normalized spacial score (nSPS) is 18.1. The van der Waals surface area contributed by atoms with Gasteiger partial charge in [0.05, 0.1) is 16.8 Å². The van der Waals surface area contributed by atoms with Gasteiger partial charge in [0.2, 0.25) is 0 Å². The van der Waals surface area contributed by atoms with Crippen molar-refractivity contribution in [2.75, 3.05) is 31.1 Å². The van der Waals surface area contributed by atoms with E-state index in [1.807, 2.05) is 24.5 Å². The molecule has 1 saturated heterocycles. The molecule has 1 saturated carbocycles. The zero-order chi connectivity index (χ0) is 17.3. The first-order valence-corrected chi connectivity index (χ1v) is 9.31. The Morgan fingerprint density at radius 3 is 2.77 bits per heavy atom. The van der Waals surface area contributed by atoms with Gasteiger partial charge < -0.3 is 10.2 Å². The molecule has 6 nitrogen and oxygen atoms in total. The van der Waals surface area contributed by atoms with Crippen LogP contribution in [0, 0.1) is 0 Å². The second-order valence-electron chi connectivity index (χ2n) is 7.03. The number of aromatic amines is 1. The van der Waals surface area contributed by atoms with Crippen LogP contribution in [0.5, 0.6) is 0 Å². The molecule has 132 valence electrons. The molecule has 0 amide bonds. The van der Waals surface area contributed by atoms with Crippen molar-refractivity contribution in [3.63, 3.8) is 0 Å². The number of piperazine rings is 1. The molecule has 0 radical (unpaired) electrons. The fourth-order valence-electron chi connectivity index (χ4n) is 3.71. The van der Waals surface area contributed by atoms with Gasteiger partial charge in [0, 0.05) is 44.8 Å². The maximum Gasteiger partial charge on any atom is 0.183 e. The molecule has 3 aromatic heterocycles. The lowest BCUT2D eigenvalue weighted by Crippen LogP contribution is -2.44. The number of H-pyrrole nitrogens is 1. The van der Waals surface area contributed by atoms with Gasteiger partial charge in [-0.3, -0.25) is 10.1 Å². The zero-order valence-corrected chi connectivity index (χ0v) is 14.7.